The molecule has 0 spiro atoms. The molecule has 0 fully saturated rings. The van der Waals surface area contributed by atoms with Gasteiger partial charge in [0.1, 0.15) is 11.5 Å². The topological polar surface area (TPSA) is 79.1 Å². The summed E-state index contributed by atoms with van der Waals surface area (Å²) in [6.45, 7) is 4.37. The highest BCUT2D eigenvalue weighted by Gasteiger charge is 2.35. The standard InChI is InChI=1S/C31H28N2O5S/c1-4-37-24-17-10-9-14-21(24)19-25-29(34)33-28(22-15-11-16-23(18-22)36-3)26(30(35)38-5-2)27(32-31(33)39-25)20-12-7-6-8-13-20/h6-19,28H,4-5H2,1-3H3/t28-/m0/s1. The molecule has 5 rings (SSSR count). The van der Waals surface area contributed by atoms with Crippen LogP contribution in [-0.2, 0) is 9.53 Å². The van der Waals surface area contributed by atoms with E-state index in [1.165, 1.54) is 11.3 Å². The Morgan fingerprint density at radius 2 is 1.77 bits per heavy atom. The van der Waals surface area contributed by atoms with Crippen molar-refractivity contribution in [3.05, 3.63) is 121 Å². The lowest BCUT2D eigenvalue weighted by molar-refractivity contribution is -0.138. The Morgan fingerprint density at radius 1 is 1.00 bits per heavy atom. The summed E-state index contributed by atoms with van der Waals surface area (Å²) in [7, 11) is 1.58. The number of hydrogen-bond donors (Lipinski definition) is 0. The lowest BCUT2D eigenvalue weighted by atomic mass is 9.93. The van der Waals surface area contributed by atoms with Crippen LogP contribution in [0.2, 0.25) is 0 Å². The fourth-order valence-corrected chi connectivity index (χ4v) is 5.59. The first-order valence-corrected chi connectivity index (χ1v) is 13.5. The lowest BCUT2D eigenvalue weighted by Gasteiger charge is -2.26. The van der Waals surface area contributed by atoms with Crippen LogP contribution in [0.3, 0.4) is 0 Å². The summed E-state index contributed by atoms with van der Waals surface area (Å²) in [5.74, 6) is 0.776. The van der Waals surface area contributed by atoms with E-state index in [9.17, 15) is 9.59 Å². The number of esters is 1. The number of methoxy groups -OCH3 is 1. The highest BCUT2D eigenvalue weighted by Crippen LogP contribution is 2.36. The molecule has 4 aromatic rings. The van der Waals surface area contributed by atoms with Gasteiger partial charge in [0.05, 0.1) is 42.2 Å². The van der Waals surface area contributed by atoms with Crippen molar-refractivity contribution in [3.63, 3.8) is 0 Å². The minimum Gasteiger partial charge on any atom is -0.497 e. The van der Waals surface area contributed by atoms with Crippen molar-refractivity contribution < 1.29 is 19.0 Å². The van der Waals surface area contributed by atoms with Crippen LogP contribution in [-0.4, -0.2) is 30.9 Å². The minimum atomic E-state index is -0.769. The van der Waals surface area contributed by atoms with Crippen LogP contribution >= 0.6 is 11.3 Å². The zero-order chi connectivity index (χ0) is 27.4. The Balaban J connectivity index is 1.83. The second-order valence-electron chi connectivity index (χ2n) is 8.68. The van der Waals surface area contributed by atoms with Crippen molar-refractivity contribution in [2.45, 2.75) is 19.9 Å². The molecule has 198 valence electrons. The van der Waals surface area contributed by atoms with E-state index < -0.39 is 12.0 Å². The molecule has 0 radical (unpaired) electrons. The van der Waals surface area contributed by atoms with Crippen molar-refractivity contribution >= 4 is 29.1 Å². The van der Waals surface area contributed by atoms with E-state index in [4.69, 9.17) is 19.2 Å². The van der Waals surface area contributed by atoms with E-state index in [2.05, 4.69) is 0 Å². The Hall–Kier alpha value is -4.43. The number of ether oxygens (including phenoxy) is 3. The molecule has 1 aliphatic heterocycles. The molecule has 1 aromatic heterocycles. The highest BCUT2D eigenvalue weighted by atomic mass is 32.1. The molecule has 7 nitrogen and oxygen atoms in total. The van der Waals surface area contributed by atoms with Gasteiger partial charge in [-0.1, -0.05) is 72.0 Å². The van der Waals surface area contributed by atoms with Gasteiger partial charge in [0.15, 0.2) is 4.80 Å². The van der Waals surface area contributed by atoms with Crippen molar-refractivity contribution in [2.75, 3.05) is 20.3 Å². The smallest absolute Gasteiger partial charge is 0.338 e. The second kappa shape index (κ2) is 11.5. The summed E-state index contributed by atoms with van der Waals surface area (Å²) in [6, 6.07) is 23.7. The third-order valence-electron chi connectivity index (χ3n) is 6.29. The van der Waals surface area contributed by atoms with Crippen LogP contribution in [0.15, 0.2) is 94.2 Å². The van der Waals surface area contributed by atoms with Crippen molar-refractivity contribution in [3.8, 4) is 11.5 Å². The minimum absolute atomic E-state index is 0.188. The number of hydrogen-bond acceptors (Lipinski definition) is 7. The van der Waals surface area contributed by atoms with Crippen LogP contribution in [0.5, 0.6) is 11.5 Å². The first-order valence-electron chi connectivity index (χ1n) is 12.7. The molecule has 0 aliphatic carbocycles. The summed E-state index contributed by atoms with van der Waals surface area (Å²) < 4.78 is 18.8. The molecule has 0 amide bonds. The molecular weight excluding hydrogens is 512 g/mol. The van der Waals surface area contributed by atoms with Crippen molar-refractivity contribution in [1.29, 1.82) is 0 Å². The molecule has 0 saturated heterocycles. The maximum atomic E-state index is 14.0. The largest absolute Gasteiger partial charge is 0.497 e. The quantitative estimate of drug-likeness (QED) is 0.311. The summed E-state index contributed by atoms with van der Waals surface area (Å²) >= 11 is 1.27. The Labute approximate surface area is 229 Å². The second-order valence-corrected chi connectivity index (χ2v) is 9.69. The molecule has 0 saturated carbocycles. The Morgan fingerprint density at radius 3 is 2.51 bits per heavy atom. The third kappa shape index (κ3) is 5.15. The van der Waals surface area contributed by atoms with E-state index in [1.54, 1.807) is 18.6 Å². The van der Waals surface area contributed by atoms with Crippen LogP contribution in [0, 0.1) is 0 Å². The van der Waals surface area contributed by atoms with E-state index in [1.807, 2.05) is 91.9 Å². The Kier molecular flexibility index (Phi) is 7.74. The maximum absolute atomic E-state index is 14.0. The lowest BCUT2D eigenvalue weighted by Crippen LogP contribution is -2.40. The molecule has 0 N–H and O–H groups in total. The maximum Gasteiger partial charge on any atom is 0.338 e. The molecule has 39 heavy (non-hydrogen) atoms. The molecule has 1 atom stereocenters. The number of fused-ring (bicyclic) bond motifs is 1. The number of aromatic nitrogens is 1. The van der Waals surface area contributed by atoms with Gasteiger partial charge in [-0.15, -0.1) is 0 Å². The zero-order valence-electron chi connectivity index (χ0n) is 21.9. The number of benzene rings is 3. The van der Waals surface area contributed by atoms with Gasteiger partial charge in [-0.25, -0.2) is 9.79 Å². The summed E-state index contributed by atoms with van der Waals surface area (Å²) in [5, 5.41) is 0. The Bertz CT molecular complexity index is 1720. The molecule has 0 unspecified atom stereocenters. The van der Waals surface area contributed by atoms with Crippen LogP contribution in [0.4, 0.5) is 0 Å². The van der Waals surface area contributed by atoms with E-state index in [-0.39, 0.29) is 12.2 Å². The monoisotopic (exact) mass is 540 g/mol. The summed E-state index contributed by atoms with van der Waals surface area (Å²) in [4.78, 5) is 32.9. The third-order valence-corrected chi connectivity index (χ3v) is 7.27. The molecule has 2 heterocycles. The fraction of sp³-hybridized carbons (Fsp3) is 0.194. The van der Waals surface area contributed by atoms with E-state index >= 15 is 0 Å². The van der Waals surface area contributed by atoms with E-state index in [0.717, 1.165) is 11.1 Å². The number of carbonyl (C=O) groups excluding carboxylic acids is 1. The first-order chi connectivity index (χ1) is 19.0. The fourth-order valence-electron chi connectivity index (χ4n) is 4.60. The van der Waals surface area contributed by atoms with Gasteiger partial charge in [-0.3, -0.25) is 9.36 Å². The molecular formula is C31H28N2O5S. The zero-order valence-corrected chi connectivity index (χ0v) is 22.7. The number of nitrogens with zero attached hydrogens (tertiary/aromatic N) is 2. The van der Waals surface area contributed by atoms with Crippen LogP contribution in [0.25, 0.3) is 11.8 Å². The van der Waals surface area contributed by atoms with Gasteiger partial charge in [0, 0.05) is 11.1 Å². The predicted molar refractivity (Wildman–Crippen MR) is 152 cm³/mol. The molecule has 0 bridgehead atoms. The number of rotatable bonds is 8. The van der Waals surface area contributed by atoms with Crippen LogP contribution in [0.1, 0.15) is 36.6 Å². The average Bonchev–Trinajstić information content (AvgIpc) is 3.28. The van der Waals surface area contributed by atoms with Crippen molar-refractivity contribution in [2.24, 2.45) is 4.99 Å². The molecule has 3 aromatic carbocycles. The van der Waals surface area contributed by atoms with Gasteiger partial charge in [0.2, 0.25) is 0 Å². The van der Waals surface area contributed by atoms with Gasteiger partial charge in [-0.2, -0.15) is 0 Å². The highest BCUT2D eigenvalue weighted by molar-refractivity contribution is 7.07. The normalized spacial score (nSPS) is 14.9. The first kappa shape index (κ1) is 26.2. The average molecular weight is 541 g/mol. The van der Waals surface area contributed by atoms with Gasteiger partial charge >= 0.3 is 5.97 Å². The van der Waals surface area contributed by atoms with Gasteiger partial charge < -0.3 is 14.2 Å². The summed E-state index contributed by atoms with van der Waals surface area (Å²) in [6.07, 6.45) is 1.81. The predicted octanol–water partition coefficient (Wildman–Crippen LogP) is 4.34. The number of thiazole rings is 1. The van der Waals surface area contributed by atoms with Crippen molar-refractivity contribution in [1.82, 2.24) is 4.57 Å². The SMILES string of the molecule is CCOC(=O)C1=C(c2ccccc2)N=c2sc(=Cc3ccccc3OCC)c(=O)n2[C@H]1c1cccc(OC)c1. The van der Waals surface area contributed by atoms with Gasteiger partial charge in [0.25, 0.3) is 5.56 Å². The molecule has 8 heteroatoms. The summed E-state index contributed by atoms with van der Waals surface area (Å²) in [5.41, 5.74) is 2.77. The number of carbonyl (C=O) groups is 1. The van der Waals surface area contributed by atoms with Crippen LogP contribution < -0.4 is 24.4 Å². The van der Waals surface area contributed by atoms with E-state index in [0.29, 0.717) is 44.3 Å². The van der Waals surface area contributed by atoms with Gasteiger partial charge in [-0.05, 0) is 43.7 Å². The molecule has 1 aliphatic rings. The number of para-hydroxylation sites is 1.